The highest BCUT2D eigenvalue weighted by atomic mass is 35.5. The maximum absolute atomic E-state index is 13.2. The first-order valence-electron chi connectivity index (χ1n) is 10.0. The van der Waals surface area contributed by atoms with E-state index in [1.165, 1.54) is 18.2 Å². The number of rotatable bonds is 4. The van der Waals surface area contributed by atoms with Crippen LogP contribution in [0.2, 0.25) is 5.02 Å². The molecule has 4 aromatic rings. The molecule has 4 rings (SSSR count). The fraction of sp³-hybridized carbons (Fsp3) is 0.240. The van der Waals surface area contributed by atoms with Gasteiger partial charge in [-0.05, 0) is 47.4 Å². The van der Waals surface area contributed by atoms with Crippen LogP contribution in [0.5, 0.6) is 5.75 Å². The molecule has 3 nitrogen and oxygen atoms in total. The first-order chi connectivity index (χ1) is 15.0. The molecule has 0 saturated heterocycles. The van der Waals surface area contributed by atoms with Crippen molar-refractivity contribution in [1.29, 1.82) is 0 Å². The third-order valence-electron chi connectivity index (χ3n) is 5.14. The van der Waals surface area contributed by atoms with Crippen molar-refractivity contribution in [3.05, 3.63) is 82.4 Å². The Bertz CT molecular complexity index is 1280. The zero-order chi connectivity index (χ0) is 23.1. The van der Waals surface area contributed by atoms with Crippen molar-refractivity contribution in [2.75, 3.05) is 0 Å². The Balaban J connectivity index is 0.00000306. The van der Waals surface area contributed by atoms with Crippen LogP contribution in [0.4, 0.5) is 13.2 Å². The molecule has 0 saturated carbocycles. The maximum Gasteiger partial charge on any atom is 0.416 e. The van der Waals surface area contributed by atoms with Crippen LogP contribution < -0.4 is 4.74 Å². The van der Waals surface area contributed by atoms with Gasteiger partial charge in [-0.15, -0.1) is 12.4 Å². The molecule has 0 amide bonds. The molecule has 0 bridgehead atoms. The number of halogens is 5. The van der Waals surface area contributed by atoms with E-state index in [9.17, 15) is 13.2 Å². The number of benzene rings is 3. The second-order valence-electron chi connectivity index (χ2n) is 8.54. The van der Waals surface area contributed by atoms with E-state index in [0.717, 1.165) is 17.1 Å². The highest BCUT2D eigenvalue weighted by molar-refractivity contribution is 6.32. The van der Waals surface area contributed by atoms with E-state index in [2.05, 4.69) is 25.8 Å². The third-order valence-corrected chi connectivity index (χ3v) is 5.45. The third kappa shape index (κ3) is 5.45. The minimum atomic E-state index is -4.46. The molecule has 0 N–H and O–H groups in total. The van der Waals surface area contributed by atoms with Gasteiger partial charge >= 0.3 is 6.18 Å². The summed E-state index contributed by atoms with van der Waals surface area (Å²) in [6.07, 6.45) is -4.46. The summed E-state index contributed by atoms with van der Waals surface area (Å²) < 4.78 is 51.3. The summed E-state index contributed by atoms with van der Waals surface area (Å²) in [5.41, 5.74) is 2.38. The van der Waals surface area contributed by atoms with Crippen molar-refractivity contribution in [1.82, 2.24) is 4.98 Å². The Morgan fingerprint density at radius 1 is 0.970 bits per heavy atom. The zero-order valence-electron chi connectivity index (χ0n) is 18.2. The van der Waals surface area contributed by atoms with Gasteiger partial charge in [-0.25, -0.2) is 4.98 Å². The topological polar surface area (TPSA) is 35.3 Å². The molecule has 0 spiro atoms. The van der Waals surface area contributed by atoms with E-state index in [4.69, 9.17) is 20.8 Å². The minimum Gasteiger partial charge on any atom is -0.487 e. The highest BCUT2D eigenvalue weighted by Crippen LogP contribution is 2.35. The zero-order valence-corrected chi connectivity index (χ0v) is 19.7. The van der Waals surface area contributed by atoms with Crippen molar-refractivity contribution in [3.63, 3.8) is 0 Å². The van der Waals surface area contributed by atoms with Gasteiger partial charge < -0.3 is 9.15 Å². The molecular formula is C25H22Cl2F3NO2. The molecule has 0 aliphatic heterocycles. The van der Waals surface area contributed by atoms with E-state index in [1.807, 2.05) is 18.2 Å². The predicted octanol–water partition coefficient (Wildman–Crippen LogP) is 8.47. The summed E-state index contributed by atoms with van der Waals surface area (Å²) in [6.45, 7) is 6.08. The minimum absolute atomic E-state index is 0. The number of fused-ring (bicyclic) bond motifs is 1. The van der Waals surface area contributed by atoms with E-state index in [0.29, 0.717) is 17.0 Å². The van der Waals surface area contributed by atoms with Gasteiger partial charge in [-0.3, -0.25) is 0 Å². The normalized spacial score (nSPS) is 12.0. The van der Waals surface area contributed by atoms with Crippen LogP contribution in [0.1, 0.15) is 37.5 Å². The summed E-state index contributed by atoms with van der Waals surface area (Å²) in [5, 5.41) is 0.282. The number of alkyl halides is 3. The molecule has 3 aromatic carbocycles. The smallest absolute Gasteiger partial charge is 0.416 e. The van der Waals surface area contributed by atoms with E-state index >= 15 is 0 Å². The van der Waals surface area contributed by atoms with Crippen LogP contribution in [0.3, 0.4) is 0 Å². The predicted molar refractivity (Wildman–Crippen MR) is 126 cm³/mol. The van der Waals surface area contributed by atoms with E-state index in [-0.39, 0.29) is 40.8 Å². The second kappa shape index (κ2) is 9.27. The Hall–Kier alpha value is -2.70. The number of hydrogen-bond acceptors (Lipinski definition) is 3. The molecule has 0 aliphatic rings. The molecular weight excluding hydrogens is 474 g/mol. The van der Waals surface area contributed by atoms with Gasteiger partial charge in [0, 0.05) is 11.1 Å². The van der Waals surface area contributed by atoms with Crippen molar-refractivity contribution < 1.29 is 22.3 Å². The lowest BCUT2D eigenvalue weighted by Crippen LogP contribution is -2.10. The molecule has 0 aliphatic carbocycles. The molecule has 1 aromatic heterocycles. The van der Waals surface area contributed by atoms with Gasteiger partial charge in [0.1, 0.15) is 17.9 Å². The molecule has 0 radical (unpaired) electrons. The number of oxazole rings is 1. The van der Waals surface area contributed by atoms with E-state index < -0.39 is 11.7 Å². The first kappa shape index (κ1) is 24.9. The van der Waals surface area contributed by atoms with Crippen LogP contribution in [-0.2, 0) is 18.2 Å². The van der Waals surface area contributed by atoms with Crippen molar-refractivity contribution in [3.8, 4) is 17.2 Å². The van der Waals surface area contributed by atoms with Crippen LogP contribution in [0.15, 0.2) is 65.1 Å². The van der Waals surface area contributed by atoms with Gasteiger partial charge in [-0.2, -0.15) is 13.2 Å². The lowest BCUT2D eigenvalue weighted by molar-refractivity contribution is -0.138. The first-order valence-corrected chi connectivity index (χ1v) is 10.4. The molecule has 33 heavy (non-hydrogen) atoms. The molecule has 1 heterocycles. The Morgan fingerprint density at radius 2 is 1.70 bits per heavy atom. The summed E-state index contributed by atoms with van der Waals surface area (Å²) in [4.78, 5) is 4.58. The fourth-order valence-electron chi connectivity index (χ4n) is 3.34. The summed E-state index contributed by atoms with van der Waals surface area (Å²) in [7, 11) is 0. The van der Waals surface area contributed by atoms with E-state index in [1.54, 1.807) is 18.2 Å². The molecule has 0 fully saturated rings. The molecule has 0 unspecified atom stereocenters. The molecule has 8 heteroatoms. The van der Waals surface area contributed by atoms with Gasteiger partial charge in [0.15, 0.2) is 5.58 Å². The number of ether oxygens (including phenoxy) is 1. The Morgan fingerprint density at radius 3 is 2.39 bits per heavy atom. The number of hydrogen-bond donors (Lipinski definition) is 0. The Labute approximate surface area is 200 Å². The van der Waals surface area contributed by atoms with Crippen LogP contribution in [0, 0.1) is 0 Å². The number of aromatic nitrogens is 1. The average Bonchev–Trinajstić information content (AvgIpc) is 3.15. The summed E-state index contributed by atoms with van der Waals surface area (Å²) in [5.74, 6) is 0.627. The SMILES string of the molecule is CC(C)(C)c1ccc2oc(-c3ccc(Cl)c(OCc4ccccc4C(F)(F)F)c3)nc2c1.Cl. The van der Waals surface area contributed by atoms with Crippen LogP contribution in [0.25, 0.3) is 22.6 Å². The second-order valence-corrected chi connectivity index (χ2v) is 8.95. The summed E-state index contributed by atoms with van der Waals surface area (Å²) >= 11 is 6.23. The molecule has 174 valence electrons. The monoisotopic (exact) mass is 495 g/mol. The number of nitrogens with zero attached hydrogens (tertiary/aromatic N) is 1. The quantitative estimate of drug-likeness (QED) is 0.284. The standard InChI is InChI=1S/C25H21ClF3NO2.ClH/c1-24(2,3)17-9-11-21-20(13-17)30-23(32-21)15-8-10-19(26)22(12-15)31-14-16-6-4-5-7-18(16)25(27,28)29;/h4-13H,14H2,1-3H3;1H. The molecule has 0 atom stereocenters. The lowest BCUT2D eigenvalue weighted by Gasteiger charge is -2.18. The fourth-order valence-corrected chi connectivity index (χ4v) is 3.51. The van der Waals surface area contributed by atoms with Gasteiger partial charge in [0.05, 0.1) is 10.6 Å². The largest absolute Gasteiger partial charge is 0.487 e. The van der Waals surface area contributed by atoms with Gasteiger partial charge in [0.25, 0.3) is 0 Å². The van der Waals surface area contributed by atoms with Crippen molar-refractivity contribution >= 4 is 35.1 Å². The van der Waals surface area contributed by atoms with Gasteiger partial charge in [-0.1, -0.05) is 56.6 Å². The summed E-state index contributed by atoms with van der Waals surface area (Å²) in [6, 6.07) is 16.1. The van der Waals surface area contributed by atoms with Crippen LogP contribution in [-0.4, -0.2) is 4.98 Å². The maximum atomic E-state index is 13.2. The van der Waals surface area contributed by atoms with Gasteiger partial charge in [0.2, 0.25) is 5.89 Å². The van der Waals surface area contributed by atoms with Crippen molar-refractivity contribution in [2.24, 2.45) is 0 Å². The highest BCUT2D eigenvalue weighted by Gasteiger charge is 2.33. The van der Waals surface area contributed by atoms with Crippen molar-refractivity contribution in [2.45, 2.75) is 39.0 Å². The lowest BCUT2D eigenvalue weighted by atomic mass is 9.87. The Kier molecular flexibility index (Phi) is 7.01. The van der Waals surface area contributed by atoms with Crippen LogP contribution >= 0.6 is 24.0 Å². The average molecular weight is 496 g/mol.